The standard InChI is InChI=1S/C19H18N6O4/c26-24(27)14-6-4-13(5-7-14)20-18-16-12-15(25(28)29)8-9-17(16)21-19(22-18)23-10-2-1-3-11-23/h4-9,12H,1-3,10-11H2,(H,20,21,22). The number of fused-ring (bicyclic) bond motifs is 1. The van der Waals surface area contributed by atoms with Crippen LogP contribution in [0.5, 0.6) is 0 Å². The zero-order valence-electron chi connectivity index (χ0n) is 15.4. The van der Waals surface area contributed by atoms with Gasteiger partial charge in [-0.1, -0.05) is 0 Å². The molecule has 0 aliphatic carbocycles. The Hall–Kier alpha value is -3.82. The number of nitro groups is 2. The smallest absolute Gasteiger partial charge is 0.270 e. The van der Waals surface area contributed by atoms with E-state index in [0.29, 0.717) is 28.4 Å². The van der Waals surface area contributed by atoms with Crippen LogP contribution in [0.3, 0.4) is 0 Å². The van der Waals surface area contributed by atoms with Crippen LogP contribution in [-0.2, 0) is 0 Å². The van der Waals surface area contributed by atoms with E-state index in [1.165, 1.54) is 30.7 Å². The molecule has 29 heavy (non-hydrogen) atoms. The molecule has 10 nitrogen and oxygen atoms in total. The van der Waals surface area contributed by atoms with Crippen LogP contribution in [0.2, 0.25) is 0 Å². The minimum absolute atomic E-state index is 0.0206. The monoisotopic (exact) mass is 394 g/mol. The van der Waals surface area contributed by atoms with Crippen molar-refractivity contribution in [3.05, 3.63) is 62.7 Å². The highest BCUT2D eigenvalue weighted by molar-refractivity contribution is 5.93. The lowest BCUT2D eigenvalue weighted by Crippen LogP contribution is -2.31. The summed E-state index contributed by atoms with van der Waals surface area (Å²) in [6.45, 7) is 1.71. The molecular formula is C19H18N6O4. The van der Waals surface area contributed by atoms with Crippen LogP contribution >= 0.6 is 0 Å². The summed E-state index contributed by atoms with van der Waals surface area (Å²) >= 11 is 0. The summed E-state index contributed by atoms with van der Waals surface area (Å²) in [4.78, 5) is 32.5. The summed E-state index contributed by atoms with van der Waals surface area (Å²) in [5, 5.41) is 25.7. The first-order valence-electron chi connectivity index (χ1n) is 9.24. The number of aromatic nitrogens is 2. The fourth-order valence-electron chi connectivity index (χ4n) is 3.35. The quantitative estimate of drug-likeness (QED) is 0.504. The topological polar surface area (TPSA) is 127 Å². The number of benzene rings is 2. The van der Waals surface area contributed by atoms with Gasteiger partial charge in [0, 0.05) is 48.4 Å². The summed E-state index contributed by atoms with van der Waals surface area (Å²) < 4.78 is 0. The van der Waals surface area contributed by atoms with E-state index in [9.17, 15) is 20.2 Å². The highest BCUT2D eigenvalue weighted by Gasteiger charge is 2.18. The minimum Gasteiger partial charge on any atom is -0.341 e. The number of nitro benzene ring substituents is 2. The van der Waals surface area contributed by atoms with Gasteiger partial charge in [-0.2, -0.15) is 4.98 Å². The van der Waals surface area contributed by atoms with Crippen molar-refractivity contribution < 1.29 is 9.85 Å². The number of nitrogens with zero attached hydrogens (tertiary/aromatic N) is 5. The Morgan fingerprint density at radius 1 is 0.862 bits per heavy atom. The number of non-ortho nitro benzene ring substituents is 2. The van der Waals surface area contributed by atoms with Gasteiger partial charge in [0.1, 0.15) is 5.82 Å². The lowest BCUT2D eigenvalue weighted by atomic mass is 10.1. The Morgan fingerprint density at radius 2 is 1.52 bits per heavy atom. The van der Waals surface area contributed by atoms with Gasteiger partial charge in [-0.25, -0.2) is 4.98 Å². The van der Waals surface area contributed by atoms with Crippen molar-refractivity contribution in [2.45, 2.75) is 19.3 Å². The Balaban J connectivity index is 1.78. The van der Waals surface area contributed by atoms with E-state index in [0.717, 1.165) is 25.9 Å². The Kier molecular flexibility index (Phi) is 4.90. The highest BCUT2D eigenvalue weighted by atomic mass is 16.6. The number of rotatable bonds is 5. The highest BCUT2D eigenvalue weighted by Crippen LogP contribution is 2.30. The van der Waals surface area contributed by atoms with Crippen LogP contribution in [0.4, 0.5) is 28.8 Å². The van der Waals surface area contributed by atoms with Crippen molar-refractivity contribution in [1.82, 2.24) is 9.97 Å². The molecule has 3 aromatic rings. The molecule has 1 saturated heterocycles. The molecule has 4 rings (SSSR count). The molecule has 1 aliphatic rings. The number of piperidine rings is 1. The van der Waals surface area contributed by atoms with Gasteiger partial charge in [-0.3, -0.25) is 20.2 Å². The molecule has 1 N–H and O–H groups in total. The third-order valence-electron chi connectivity index (χ3n) is 4.86. The average Bonchev–Trinajstić information content (AvgIpc) is 2.74. The Bertz CT molecular complexity index is 1080. The van der Waals surface area contributed by atoms with Gasteiger partial charge in [0.15, 0.2) is 0 Å². The molecule has 10 heteroatoms. The second kappa shape index (κ2) is 7.66. The van der Waals surface area contributed by atoms with Crippen molar-refractivity contribution in [1.29, 1.82) is 0 Å². The van der Waals surface area contributed by atoms with E-state index in [4.69, 9.17) is 0 Å². The van der Waals surface area contributed by atoms with Gasteiger partial charge in [-0.05, 0) is 37.5 Å². The second-order valence-corrected chi connectivity index (χ2v) is 6.81. The van der Waals surface area contributed by atoms with Crippen molar-refractivity contribution in [2.24, 2.45) is 0 Å². The molecule has 0 bridgehead atoms. The van der Waals surface area contributed by atoms with E-state index in [2.05, 4.69) is 20.2 Å². The average molecular weight is 394 g/mol. The van der Waals surface area contributed by atoms with E-state index in [1.54, 1.807) is 18.2 Å². The number of anilines is 3. The molecule has 0 atom stereocenters. The molecule has 0 unspecified atom stereocenters. The van der Waals surface area contributed by atoms with E-state index in [1.807, 2.05) is 0 Å². The third kappa shape index (κ3) is 3.91. The van der Waals surface area contributed by atoms with Gasteiger partial charge in [0.25, 0.3) is 11.4 Å². The van der Waals surface area contributed by atoms with E-state index in [-0.39, 0.29) is 11.4 Å². The van der Waals surface area contributed by atoms with Gasteiger partial charge in [-0.15, -0.1) is 0 Å². The van der Waals surface area contributed by atoms with Crippen molar-refractivity contribution in [3.63, 3.8) is 0 Å². The SMILES string of the molecule is O=[N+]([O-])c1ccc(Nc2nc(N3CCCCC3)nc3ccc([N+](=O)[O-])cc23)cc1. The third-order valence-corrected chi connectivity index (χ3v) is 4.86. The van der Waals surface area contributed by atoms with Gasteiger partial charge < -0.3 is 10.2 Å². The molecule has 0 spiro atoms. The Morgan fingerprint density at radius 3 is 2.17 bits per heavy atom. The lowest BCUT2D eigenvalue weighted by Gasteiger charge is -2.27. The summed E-state index contributed by atoms with van der Waals surface area (Å²) in [6.07, 6.45) is 3.30. The summed E-state index contributed by atoms with van der Waals surface area (Å²) in [6, 6.07) is 10.4. The van der Waals surface area contributed by atoms with Crippen molar-refractivity contribution >= 4 is 39.7 Å². The molecule has 2 aromatic carbocycles. The first-order valence-corrected chi connectivity index (χ1v) is 9.24. The normalized spacial score (nSPS) is 14.0. The fourth-order valence-corrected chi connectivity index (χ4v) is 3.35. The maximum Gasteiger partial charge on any atom is 0.270 e. The summed E-state index contributed by atoms with van der Waals surface area (Å²) in [7, 11) is 0. The zero-order chi connectivity index (χ0) is 20.4. The van der Waals surface area contributed by atoms with Crippen LogP contribution in [0.25, 0.3) is 10.9 Å². The maximum atomic E-state index is 11.2. The van der Waals surface area contributed by atoms with Crippen LogP contribution in [-0.4, -0.2) is 32.9 Å². The molecule has 1 aromatic heterocycles. The zero-order valence-corrected chi connectivity index (χ0v) is 15.4. The summed E-state index contributed by atoms with van der Waals surface area (Å²) in [5.41, 5.74) is 1.11. The lowest BCUT2D eigenvalue weighted by molar-refractivity contribution is -0.385. The van der Waals surface area contributed by atoms with Gasteiger partial charge >= 0.3 is 0 Å². The first-order chi connectivity index (χ1) is 14.0. The summed E-state index contributed by atoms with van der Waals surface area (Å²) in [5.74, 6) is 0.989. The Labute approximate surface area is 165 Å². The van der Waals surface area contributed by atoms with E-state index < -0.39 is 9.85 Å². The molecule has 0 amide bonds. The molecule has 2 heterocycles. The van der Waals surface area contributed by atoms with Gasteiger partial charge in [0.2, 0.25) is 5.95 Å². The molecule has 1 fully saturated rings. The van der Waals surface area contributed by atoms with Crippen LogP contribution < -0.4 is 10.2 Å². The van der Waals surface area contributed by atoms with Crippen LogP contribution in [0.15, 0.2) is 42.5 Å². The molecular weight excluding hydrogens is 376 g/mol. The van der Waals surface area contributed by atoms with Crippen LogP contribution in [0.1, 0.15) is 19.3 Å². The first kappa shape index (κ1) is 18.5. The maximum absolute atomic E-state index is 11.2. The molecule has 0 saturated carbocycles. The van der Waals surface area contributed by atoms with Crippen LogP contribution in [0, 0.1) is 20.2 Å². The predicted molar refractivity (Wildman–Crippen MR) is 109 cm³/mol. The predicted octanol–water partition coefficient (Wildman–Crippen LogP) is 4.18. The second-order valence-electron chi connectivity index (χ2n) is 6.81. The molecule has 1 aliphatic heterocycles. The fraction of sp³-hybridized carbons (Fsp3) is 0.263. The van der Waals surface area contributed by atoms with E-state index >= 15 is 0 Å². The number of nitrogens with one attached hydrogen (secondary N) is 1. The largest absolute Gasteiger partial charge is 0.341 e. The van der Waals surface area contributed by atoms with Gasteiger partial charge in [0.05, 0.1) is 15.4 Å². The number of hydrogen-bond acceptors (Lipinski definition) is 8. The van der Waals surface area contributed by atoms with Crippen molar-refractivity contribution in [2.75, 3.05) is 23.3 Å². The molecule has 0 radical (unpaired) electrons. The minimum atomic E-state index is -0.471. The van der Waals surface area contributed by atoms with Crippen molar-refractivity contribution in [3.8, 4) is 0 Å². The molecule has 148 valence electrons. The number of hydrogen-bond donors (Lipinski definition) is 1.